The second kappa shape index (κ2) is 7.95. The van der Waals surface area contributed by atoms with Crippen molar-refractivity contribution >= 4 is 5.91 Å². The molecule has 24 heavy (non-hydrogen) atoms. The number of rotatable bonds is 5. The quantitative estimate of drug-likeness (QED) is 0.884. The van der Waals surface area contributed by atoms with Gasteiger partial charge in [0.1, 0.15) is 5.75 Å². The van der Waals surface area contributed by atoms with Crippen LogP contribution in [-0.4, -0.2) is 48.8 Å². The highest BCUT2D eigenvalue weighted by Crippen LogP contribution is 2.22. The van der Waals surface area contributed by atoms with Crippen LogP contribution >= 0.6 is 0 Å². The van der Waals surface area contributed by atoms with Crippen molar-refractivity contribution in [3.05, 3.63) is 65.7 Å². The number of phenols is 1. The number of morpholine rings is 1. The first-order chi connectivity index (χ1) is 11.8. The van der Waals surface area contributed by atoms with Gasteiger partial charge in [-0.1, -0.05) is 42.5 Å². The molecule has 2 aromatic carbocycles. The molecule has 1 heterocycles. The van der Waals surface area contributed by atoms with Gasteiger partial charge in [0.2, 0.25) is 0 Å². The molecule has 3 rings (SSSR count). The van der Waals surface area contributed by atoms with Crippen LogP contribution in [-0.2, 0) is 4.74 Å². The summed E-state index contributed by atoms with van der Waals surface area (Å²) < 4.78 is 5.43. The van der Waals surface area contributed by atoms with Gasteiger partial charge in [-0.05, 0) is 17.7 Å². The largest absolute Gasteiger partial charge is 0.507 e. The third kappa shape index (κ3) is 3.93. The standard InChI is InChI=1S/C19H22N2O3/c22-18-9-5-4-8-16(18)19(23)20-14-17(15-6-2-1-3-7-15)21-10-12-24-13-11-21/h1-9,17,22H,10-14H2,(H,20,23)/t17-/m1/s1. The highest BCUT2D eigenvalue weighted by Gasteiger charge is 2.23. The lowest BCUT2D eigenvalue weighted by Crippen LogP contribution is -2.43. The number of aromatic hydroxyl groups is 1. The predicted octanol–water partition coefficient (Wildman–Crippen LogP) is 2.20. The molecule has 1 amide bonds. The lowest BCUT2D eigenvalue weighted by Gasteiger charge is -2.35. The second-order valence-electron chi connectivity index (χ2n) is 5.80. The first-order valence-electron chi connectivity index (χ1n) is 8.18. The number of benzene rings is 2. The van der Waals surface area contributed by atoms with E-state index in [-0.39, 0.29) is 17.7 Å². The molecule has 5 nitrogen and oxygen atoms in total. The number of amides is 1. The van der Waals surface area contributed by atoms with Crippen molar-refractivity contribution in [2.24, 2.45) is 0 Å². The summed E-state index contributed by atoms with van der Waals surface area (Å²) in [5.41, 5.74) is 1.46. The average molecular weight is 326 g/mol. The minimum atomic E-state index is -0.262. The summed E-state index contributed by atoms with van der Waals surface area (Å²) in [5, 5.41) is 12.8. The Morgan fingerprint density at radius 2 is 1.75 bits per heavy atom. The molecule has 126 valence electrons. The van der Waals surface area contributed by atoms with Gasteiger partial charge in [-0.3, -0.25) is 9.69 Å². The topological polar surface area (TPSA) is 61.8 Å². The molecule has 0 unspecified atom stereocenters. The van der Waals surface area contributed by atoms with Crippen molar-refractivity contribution in [3.8, 4) is 5.75 Å². The first-order valence-corrected chi connectivity index (χ1v) is 8.18. The first kappa shape index (κ1) is 16.5. The van der Waals surface area contributed by atoms with Crippen LogP contribution < -0.4 is 5.32 Å². The normalized spacial score (nSPS) is 16.5. The molecule has 1 saturated heterocycles. The van der Waals surface area contributed by atoms with E-state index >= 15 is 0 Å². The van der Waals surface area contributed by atoms with Crippen molar-refractivity contribution in [2.45, 2.75) is 6.04 Å². The number of nitrogens with one attached hydrogen (secondary N) is 1. The van der Waals surface area contributed by atoms with Gasteiger partial charge in [0.05, 0.1) is 24.8 Å². The monoisotopic (exact) mass is 326 g/mol. The van der Waals surface area contributed by atoms with E-state index in [4.69, 9.17) is 4.74 Å². The Hall–Kier alpha value is -2.37. The van der Waals surface area contributed by atoms with Crippen LogP contribution in [0, 0.1) is 0 Å². The van der Waals surface area contributed by atoms with E-state index in [0.717, 1.165) is 18.7 Å². The molecular weight excluding hydrogens is 304 g/mol. The molecule has 1 atom stereocenters. The molecule has 2 N–H and O–H groups in total. The van der Waals surface area contributed by atoms with Crippen molar-refractivity contribution in [1.82, 2.24) is 10.2 Å². The average Bonchev–Trinajstić information content (AvgIpc) is 2.64. The van der Waals surface area contributed by atoms with Gasteiger partial charge in [-0.25, -0.2) is 0 Å². The Labute approximate surface area is 141 Å². The van der Waals surface area contributed by atoms with Crippen LogP contribution in [0.5, 0.6) is 5.75 Å². The van der Waals surface area contributed by atoms with Crippen LogP contribution in [0.1, 0.15) is 22.0 Å². The summed E-state index contributed by atoms with van der Waals surface area (Å²) in [6, 6.07) is 16.8. The number of hydrogen-bond donors (Lipinski definition) is 2. The molecule has 0 radical (unpaired) electrons. The zero-order chi connectivity index (χ0) is 16.8. The van der Waals surface area contributed by atoms with E-state index in [1.165, 1.54) is 6.07 Å². The maximum absolute atomic E-state index is 12.4. The fraction of sp³-hybridized carbons (Fsp3) is 0.316. The number of carbonyl (C=O) groups excluding carboxylic acids is 1. The summed E-state index contributed by atoms with van der Waals surface area (Å²) in [6.45, 7) is 3.57. The molecule has 0 bridgehead atoms. The number of ether oxygens (including phenoxy) is 1. The van der Waals surface area contributed by atoms with Gasteiger partial charge in [0, 0.05) is 19.6 Å². The Balaban J connectivity index is 1.72. The molecule has 2 aromatic rings. The van der Waals surface area contributed by atoms with Crippen molar-refractivity contribution in [2.75, 3.05) is 32.8 Å². The van der Waals surface area contributed by atoms with Crippen LogP contribution in [0.15, 0.2) is 54.6 Å². The van der Waals surface area contributed by atoms with Gasteiger partial charge < -0.3 is 15.2 Å². The molecule has 0 aliphatic carbocycles. The van der Waals surface area contributed by atoms with Crippen LogP contribution in [0.2, 0.25) is 0 Å². The van der Waals surface area contributed by atoms with Crippen LogP contribution in [0.4, 0.5) is 0 Å². The van der Waals surface area contributed by atoms with Gasteiger partial charge in [0.15, 0.2) is 0 Å². The summed E-state index contributed by atoms with van der Waals surface area (Å²) in [5.74, 6) is -0.264. The summed E-state index contributed by atoms with van der Waals surface area (Å²) >= 11 is 0. The highest BCUT2D eigenvalue weighted by molar-refractivity contribution is 5.96. The summed E-state index contributed by atoms with van der Waals surface area (Å²) in [7, 11) is 0. The van der Waals surface area contributed by atoms with Crippen LogP contribution in [0.3, 0.4) is 0 Å². The Bertz CT molecular complexity index is 669. The van der Waals surface area contributed by atoms with Gasteiger partial charge in [-0.2, -0.15) is 0 Å². The SMILES string of the molecule is O=C(NC[C@H](c1ccccc1)N1CCOCC1)c1ccccc1O. The third-order valence-electron chi connectivity index (χ3n) is 4.28. The number of para-hydroxylation sites is 1. The van der Waals surface area contributed by atoms with Gasteiger partial charge in [-0.15, -0.1) is 0 Å². The molecule has 5 heteroatoms. The van der Waals surface area contributed by atoms with E-state index in [0.29, 0.717) is 25.3 Å². The molecule has 0 spiro atoms. The van der Waals surface area contributed by atoms with E-state index in [1.54, 1.807) is 18.2 Å². The number of hydrogen-bond acceptors (Lipinski definition) is 4. The Kier molecular flexibility index (Phi) is 5.46. The molecular formula is C19H22N2O3. The molecule has 0 aromatic heterocycles. The third-order valence-corrected chi connectivity index (χ3v) is 4.28. The van der Waals surface area contributed by atoms with Crippen LogP contribution in [0.25, 0.3) is 0 Å². The van der Waals surface area contributed by atoms with E-state index in [1.807, 2.05) is 18.2 Å². The summed E-state index contributed by atoms with van der Waals surface area (Å²) in [6.07, 6.45) is 0. The van der Waals surface area contributed by atoms with E-state index in [2.05, 4.69) is 22.3 Å². The maximum atomic E-state index is 12.4. The summed E-state index contributed by atoms with van der Waals surface area (Å²) in [4.78, 5) is 14.7. The van der Waals surface area contributed by atoms with E-state index < -0.39 is 0 Å². The number of nitrogens with zero attached hydrogens (tertiary/aromatic N) is 1. The smallest absolute Gasteiger partial charge is 0.255 e. The maximum Gasteiger partial charge on any atom is 0.255 e. The molecule has 1 aliphatic rings. The lowest BCUT2D eigenvalue weighted by atomic mass is 10.0. The highest BCUT2D eigenvalue weighted by atomic mass is 16.5. The lowest BCUT2D eigenvalue weighted by molar-refractivity contribution is 0.0162. The zero-order valence-corrected chi connectivity index (χ0v) is 13.5. The Morgan fingerprint density at radius 1 is 1.08 bits per heavy atom. The van der Waals surface area contributed by atoms with Gasteiger partial charge in [0.25, 0.3) is 5.91 Å². The minimum Gasteiger partial charge on any atom is -0.507 e. The molecule has 0 saturated carbocycles. The van der Waals surface area contributed by atoms with Crippen molar-refractivity contribution in [1.29, 1.82) is 0 Å². The Morgan fingerprint density at radius 3 is 2.46 bits per heavy atom. The van der Waals surface area contributed by atoms with Crippen molar-refractivity contribution < 1.29 is 14.6 Å². The fourth-order valence-corrected chi connectivity index (χ4v) is 2.97. The number of carbonyl (C=O) groups is 1. The minimum absolute atomic E-state index is 0.00219. The van der Waals surface area contributed by atoms with Gasteiger partial charge >= 0.3 is 0 Å². The molecule has 1 fully saturated rings. The fourth-order valence-electron chi connectivity index (χ4n) is 2.97. The molecule has 1 aliphatic heterocycles. The predicted molar refractivity (Wildman–Crippen MR) is 92.0 cm³/mol. The van der Waals surface area contributed by atoms with Crippen molar-refractivity contribution in [3.63, 3.8) is 0 Å². The van der Waals surface area contributed by atoms with E-state index in [9.17, 15) is 9.90 Å². The second-order valence-corrected chi connectivity index (χ2v) is 5.80. The number of phenolic OH excluding ortho intramolecular Hbond substituents is 1. The zero-order valence-electron chi connectivity index (χ0n) is 13.5.